The van der Waals surface area contributed by atoms with E-state index < -0.39 is 4.92 Å². The van der Waals surface area contributed by atoms with Gasteiger partial charge in [-0.25, -0.2) is 9.55 Å². The van der Waals surface area contributed by atoms with Crippen LogP contribution in [0.1, 0.15) is 17.0 Å². The average Bonchev–Trinajstić information content (AvgIpc) is 2.88. The Morgan fingerprint density at radius 2 is 2.18 bits per heavy atom. The molecule has 0 aliphatic carbocycles. The van der Waals surface area contributed by atoms with Crippen LogP contribution in [0.15, 0.2) is 24.4 Å². The number of nitro groups is 1. The van der Waals surface area contributed by atoms with E-state index in [-0.39, 0.29) is 35.8 Å². The number of rotatable bonds is 5. The molecule has 8 heteroatoms. The van der Waals surface area contributed by atoms with Crippen LogP contribution in [-0.4, -0.2) is 21.1 Å². The molecule has 1 aromatic heterocycles. The van der Waals surface area contributed by atoms with Crippen molar-refractivity contribution in [2.45, 2.75) is 13.5 Å². The van der Waals surface area contributed by atoms with Crippen LogP contribution in [-0.2, 0) is 6.54 Å². The second-order valence-electron chi connectivity index (χ2n) is 4.32. The molecule has 1 aromatic carbocycles. The number of imidazole rings is 1. The van der Waals surface area contributed by atoms with Gasteiger partial charge in [-0.3, -0.25) is 0 Å². The molecule has 0 amide bonds. The lowest BCUT2D eigenvalue weighted by molar-refractivity contribution is -0.392. The topological polar surface area (TPSA) is 118 Å². The predicted molar refractivity (Wildman–Crippen MR) is 75.0 cm³/mol. The molecule has 0 N–H and O–H groups in total. The Morgan fingerprint density at radius 3 is 2.82 bits per heavy atom. The maximum absolute atomic E-state index is 10.9. The summed E-state index contributed by atoms with van der Waals surface area (Å²) >= 11 is 0. The molecule has 0 fully saturated rings. The van der Waals surface area contributed by atoms with Gasteiger partial charge in [0.1, 0.15) is 42.8 Å². The lowest BCUT2D eigenvalue weighted by Crippen LogP contribution is -2.12. The molecule has 0 aliphatic heterocycles. The van der Waals surface area contributed by atoms with Crippen molar-refractivity contribution in [2.24, 2.45) is 0 Å². The van der Waals surface area contributed by atoms with Crippen LogP contribution in [0.4, 0.5) is 5.82 Å². The Kier molecular flexibility index (Phi) is 4.35. The normalized spacial score (nSPS) is 9.77. The number of benzene rings is 1. The Bertz CT molecular complexity index is 798. The SMILES string of the molecule is Cc1ncc([N+](=O)[O-])n1CCOc1cccc(C#N)c1C#N. The maximum Gasteiger partial charge on any atom is 0.342 e. The zero-order valence-corrected chi connectivity index (χ0v) is 11.7. The molecule has 0 spiro atoms. The minimum Gasteiger partial charge on any atom is -0.488 e. The molecule has 110 valence electrons. The Morgan fingerprint density at radius 1 is 1.41 bits per heavy atom. The fraction of sp³-hybridized carbons (Fsp3) is 0.214. The largest absolute Gasteiger partial charge is 0.488 e. The first-order valence-corrected chi connectivity index (χ1v) is 6.31. The standard InChI is InChI=1S/C14H11N5O3/c1-10-17-9-14(19(20)21)18(10)5-6-22-13-4-2-3-11(7-15)12(13)8-16/h2-4,9H,5-6H2,1H3. The highest BCUT2D eigenvalue weighted by Crippen LogP contribution is 2.21. The predicted octanol–water partition coefficient (Wildman–Crippen LogP) is 1.92. The monoisotopic (exact) mass is 297 g/mol. The van der Waals surface area contributed by atoms with Crippen molar-refractivity contribution < 1.29 is 9.66 Å². The van der Waals surface area contributed by atoms with Crippen LogP contribution < -0.4 is 4.74 Å². The van der Waals surface area contributed by atoms with Crippen molar-refractivity contribution in [3.05, 3.63) is 51.5 Å². The van der Waals surface area contributed by atoms with E-state index >= 15 is 0 Å². The minimum absolute atomic E-state index is 0.113. The summed E-state index contributed by atoms with van der Waals surface area (Å²) in [6, 6.07) is 8.55. The van der Waals surface area contributed by atoms with E-state index in [4.69, 9.17) is 15.3 Å². The first kappa shape index (κ1) is 15.0. The van der Waals surface area contributed by atoms with Gasteiger partial charge < -0.3 is 14.9 Å². The number of nitrogens with zero attached hydrogens (tertiary/aromatic N) is 5. The first-order valence-electron chi connectivity index (χ1n) is 6.31. The van der Waals surface area contributed by atoms with Gasteiger partial charge in [0.15, 0.2) is 5.82 Å². The van der Waals surface area contributed by atoms with Crippen molar-refractivity contribution in [1.82, 2.24) is 9.55 Å². The molecule has 0 aliphatic rings. The molecular weight excluding hydrogens is 286 g/mol. The van der Waals surface area contributed by atoms with Gasteiger partial charge in [-0.2, -0.15) is 10.5 Å². The second-order valence-corrected chi connectivity index (χ2v) is 4.32. The summed E-state index contributed by atoms with van der Waals surface area (Å²) in [5.41, 5.74) is 0.381. The van der Waals surface area contributed by atoms with Gasteiger partial charge in [0.2, 0.25) is 0 Å². The zero-order chi connectivity index (χ0) is 16.1. The summed E-state index contributed by atoms with van der Waals surface area (Å²) in [5, 5.41) is 28.9. The smallest absolute Gasteiger partial charge is 0.342 e. The van der Waals surface area contributed by atoms with Crippen molar-refractivity contribution in [2.75, 3.05) is 6.61 Å². The number of aromatic nitrogens is 2. The van der Waals surface area contributed by atoms with Gasteiger partial charge in [0.05, 0.1) is 5.56 Å². The summed E-state index contributed by atoms with van der Waals surface area (Å²) in [6.45, 7) is 1.98. The molecule has 22 heavy (non-hydrogen) atoms. The van der Waals surface area contributed by atoms with E-state index in [2.05, 4.69) is 4.98 Å². The first-order chi connectivity index (χ1) is 10.6. The van der Waals surface area contributed by atoms with Crippen LogP contribution in [0.2, 0.25) is 0 Å². The molecule has 0 saturated carbocycles. The average molecular weight is 297 g/mol. The number of ether oxygens (including phenoxy) is 1. The van der Waals surface area contributed by atoms with Gasteiger partial charge in [-0.1, -0.05) is 6.07 Å². The van der Waals surface area contributed by atoms with Crippen molar-refractivity contribution in [3.63, 3.8) is 0 Å². The number of hydrogen-bond donors (Lipinski definition) is 0. The quantitative estimate of drug-likeness (QED) is 0.614. The highest BCUT2D eigenvalue weighted by atomic mass is 16.6. The van der Waals surface area contributed by atoms with Crippen LogP contribution in [0.5, 0.6) is 5.75 Å². The molecule has 0 radical (unpaired) electrons. The van der Waals surface area contributed by atoms with Crippen LogP contribution in [0.3, 0.4) is 0 Å². The molecule has 2 rings (SSSR count). The highest BCUT2D eigenvalue weighted by molar-refractivity contribution is 5.53. The van der Waals surface area contributed by atoms with Crippen LogP contribution >= 0.6 is 0 Å². The van der Waals surface area contributed by atoms with E-state index in [1.807, 2.05) is 12.1 Å². The zero-order valence-electron chi connectivity index (χ0n) is 11.7. The Hall–Kier alpha value is -3.39. The third-order valence-electron chi connectivity index (χ3n) is 3.05. The van der Waals surface area contributed by atoms with E-state index in [1.165, 1.54) is 16.8 Å². The maximum atomic E-state index is 10.9. The summed E-state index contributed by atoms with van der Waals surface area (Å²) in [6.07, 6.45) is 1.19. The van der Waals surface area contributed by atoms with E-state index in [0.717, 1.165) is 0 Å². The third kappa shape index (κ3) is 2.86. The molecule has 8 nitrogen and oxygen atoms in total. The van der Waals surface area contributed by atoms with E-state index in [1.54, 1.807) is 19.1 Å². The fourth-order valence-electron chi connectivity index (χ4n) is 1.99. The second kappa shape index (κ2) is 6.37. The van der Waals surface area contributed by atoms with Crippen molar-refractivity contribution >= 4 is 5.82 Å². The van der Waals surface area contributed by atoms with Gasteiger partial charge in [-0.15, -0.1) is 0 Å². The van der Waals surface area contributed by atoms with E-state index in [0.29, 0.717) is 5.82 Å². The van der Waals surface area contributed by atoms with Crippen LogP contribution in [0.25, 0.3) is 0 Å². The number of hydrogen-bond acceptors (Lipinski definition) is 6. The summed E-state index contributed by atoms with van der Waals surface area (Å²) < 4.78 is 6.91. The van der Waals surface area contributed by atoms with Crippen LogP contribution in [0, 0.1) is 39.7 Å². The fourth-order valence-corrected chi connectivity index (χ4v) is 1.99. The number of aryl methyl sites for hydroxylation is 1. The molecular formula is C14H11N5O3. The molecule has 0 saturated heterocycles. The summed E-state index contributed by atoms with van der Waals surface area (Å²) in [4.78, 5) is 14.3. The molecule has 2 aromatic rings. The lowest BCUT2D eigenvalue weighted by Gasteiger charge is -2.08. The lowest BCUT2D eigenvalue weighted by atomic mass is 10.1. The summed E-state index contributed by atoms with van der Waals surface area (Å²) in [5.74, 6) is 0.663. The molecule has 0 bridgehead atoms. The van der Waals surface area contributed by atoms with E-state index in [9.17, 15) is 10.1 Å². The molecule has 0 atom stereocenters. The van der Waals surface area contributed by atoms with Crippen molar-refractivity contribution in [3.8, 4) is 17.9 Å². The Labute approximate surface area is 126 Å². The van der Waals surface area contributed by atoms with Gasteiger partial charge in [-0.05, 0) is 17.1 Å². The van der Waals surface area contributed by atoms with Gasteiger partial charge in [0.25, 0.3) is 0 Å². The highest BCUT2D eigenvalue weighted by Gasteiger charge is 2.17. The minimum atomic E-state index is -0.517. The van der Waals surface area contributed by atoms with Crippen molar-refractivity contribution in [1.29, 1.82) is 10.5 Å². The summed E-state index contributed by atoms with van der Waals surface area (Å²) in [7, 11) is 0. The van der Waals surface area contributed by atoms with Gasteiger partial charge >= 0.3 is 5.82 Å². The Balaban J connectivity index is 2.13. The third-order valence-corrected chi connectivity index (χ3v) is 3.05. The van der Waals surface area contributed by atoms with Gasteiger partial charge in [0, 0.05) is 6.92 Å². The molecule has 0 unspecified atom stereocenters. The number of nitriles is 2. The molecule has 1 heterocycles.